The van der Waals surface area contributed by atoms with Crippen LogP contribution in [0.4, 0.5) is 5.69 Å². The molecule has 0 unspecified atom stereocenters. The zero-order valence-electron chi connectivity index (χ0n) is 12.4. The van der Waals surface area contributed by atoms with Crippen molar-refractivity contribution in [2.75, 3.05) is 18.9 Å². The van der Waals surface area contributed by atoms with Crippen molar-refractivity contribution >= 4 is 15.7 Å². The van der Waals surface area contributed by atoms with Crippen LogP contribution >= 0.6 is 0 Å². The molecular formula is C15H24N2O3S. The molecule has 0 radical (unpaired) electrons. The van der Waals surface area contributed by atoms with Crippen LogP contribution < -0.4 is 10.5 Å². The van der Waals surface area contributed by atoms with E-state index in [1.807, 2.05) is 0 Å². The molecule has 1 aromatic rings. The van der Waals surface area contributed by atoms with Crippen LogP contribution in [0.25, 0.3) is 0 Å². The highest BCUT2D eigenvalue weighted by Gasteiger charge is 2.33. The maximum absolute atomic E-state index is 12.5. The number of sulfonamides is 1. The molecule has 1 fully saturated rings. The Balaban J connectivity index is 2.18. The first kappa shape index (κ1) is 16.3. The molecule has 0 saturated heterocycles. The second-order valence-corrected chi connectivity index (χ2v) is 7.74. The summed E-state index contributed by atoms with van der Waals surface area (Å²) >= 11 is 0. The Morgan fingerprint density at radius 2 is 1.95 bits per heavy atom. The van der Waals surface area contributed by atoms with Crippen LogP contribution in [0.5, 0.6) is 0 Å². The van der Waals surface area contributed by atoms with E-state index in [4.69, 9.17) is 5.73 Å². The highest BCUT2D eigenvalue weighted by molar-refractivity contribution is 7.89. The minimum absolute atomic E-state index is 0.0127. The normalized spacial score (nSPS) is 18.6. The smallest absolute Gasteiger partial charge is 0.242 e. The summed E-state index contributed by atoms with van der Waals surface area (Å²) in [4.78, 5) is 0.147. The molecule has 1 aliphatic rings. The average molecular weight is 312 g/mol. The largest absolute Gasteiger partial charge is 0.398 e. The number of aliphatic hydroxyl groups is 1. The summed E-state index contributed by atoms with van der Waals surface area (Å²) in [7, 11) is -3.66. The van der Waals surface area contributed by atoms with Crippen LogP contribution in [-0.4, -0.2) is 26.7 Å². The standard InChI is InChI=1S/C15H24N2O3S/c1-12-6-5-7-13(16)14(12)21(19,20)17-10-15(11-18)8-3-2-4-9-15/h5-7,17-18H,2-4,8-11,16H2,1H3. The third kappa shape index (κ3) is 3.56. The molecule has 0 amide bonds. The summed E-state index contributed by atoms with van der Waals surface area (Å²) in [6, 6.07) is 5.05. The number of nitrogen functional groups attached to an aromatic ring is 1. The molecule has 118 valence electrons. The average Bonchev–Trinajstić information content (AvgIpc) is 2.46. The van der Waals surface area contributed by atoms with Crippen molar-refractivity contribution in [3.63, 3.8) is 0 Å². The number of hydrogen-bond acceptors (Lipinski definition) is 4. The number of aryl methyl sites for hydroxylation is 1. The van der Waals surface area contributed by atoms with Gasteiger partial charge in [-0.2, -0.15) is 0 Å². The first-order valence-electron chi connectivity index (χ1n) is 7.36. The maximum atomic E-state index is 12.5. The Morgan fingerprint density at radius 3 is 2.52 bits per heavy atom. The Kier molecular flexibility index (Phi) is 4.91. The lowest BCUT2D eigenvalue weighted by molar-refractivity contribution is 0.0867. The van der Waals surface area contributed by atoms with Crippen LogP contribution in [0.3, 0.4) is 0 Å². The summed E-state index contributed by atoms with van der Waals surface area (Å²) in [5.41, 5.74) is 6.37. The zero-order valence-corrected chi connectivity index (χ0v) is 13.2. The number of anilines is 1. The van der Waals surface area contributed by atoms with Crippen molar-refractivity contribution in [2.45, 2.75) is 43.9 Å². The van der Waals surface area contributed by atoms with Crippen LogP contribution in [0.1, 0.15) is 37.7 Å². The number of nitrogens with two attached hydrogens (primary N) is 1. The summed E-state index contributed by atoms with van der Waals surface area (Å²) in [6.07, 6.45) is 4.94. The Labute approximate surface area is 126 Å². The maximum Gasteiger partial charge on any atom is 0.242 e. The first-order chi connectivity index (χ1) is 9.90. The van der Waals surface area contributed by atoms with Crippen molar-refractivity contribution in [3.05, 3.63) is 23.8 Å². The van der Waals surface area contributed by atoms with E-state index in [0.29, 0.717) is 5.56 Å². The number of hydrogen-bond donors (Lipinski definition) is 3. The molecule has 1 saturated carbocycles. The molecule has 0 aliphatic heterocycles. The van der Waals surface area contributed by atoms with E-state index < -0.39 is 10.0 Å². The summed E-state index contributed by atoms with van der Waals surface area (Å²) < 4.78 is 27.7. The molecule has 6 heteroatoms. The number of nitrogens with one attached hydrogen (secondary N) is 1. The quantitative estimate of drug-likeness (QED) is 0.723. The van der Waals surface area contributed by atoms with Crippen LogP contribution in [0, 0.1) is 12.3 Å². The van der Waals surface area contributed by atoms with Gasteiger partial charge in [0.1, 0.15) is 4.90 Å². The van der Waals surface area contributed by atoms with E-state index in [2.05, 4.69) is 4.72 Å². The Hall–Kier alpha value is -1.11. The fourth-order valence-corrected chi connectivity index (χ4v) is 4.57. The molecule has 4 N–H and O–H groups in total. The number of rotatable bonds is 5. The number of benzene rings is 1. The summed E-state index contributed by atoms with van der Waals surface area (Å²) in [5, 5.41) is 9.66. The van der Waals surface area contributed by atoms with Gasteiger partial charge in [0.05, 0.1) is 5.69 Å². The SMILES string of the molecule is Cc1cccc(N)c1S(=O)(=O)NCC1(CO)CCCCC1. The molecule has 5 nitrogen and oxygen atoms in total. The van der Waals surface area contributed by atoms with Crippen LogP contribution in [0.2, 0.25) is 0 Å². The third-order valence-corrected chi connectivity index (χ3v) is 6.02. The van der Waals surface area contributed by atoms with Gasteiger partial charge in [0.15, 0.2) is 0 Å². The minimum Gasteiger partial charge on any atom is -0.398 e. The number of aliphatic hydroxyl groups excluding tert-OH is 1. The fourth-order valence-electron chi connectivity index (χ4n) is 3.06. The van der Waals surface area contributed by atoms with E-state index in [1.54, 1.807) is 25.1 Å². The predicted octanol–water partition coefficient (Wildman–Crippen LogP) is 1.80. The predicted molar refractivity (Wildman–Crippen MR) is 83.4 cm³/mol. The zero-order chi connectivity index (χ0) is 15.5. The van der Waals surface area contributed by atoms with Gasteiger partial charge in [-0.3, -0.25) is 0 Å². The molecular weight excluding hydrogens is 288 g/mol. The lowest BCUT2D eigenvalue weighted by Crippen LogP contribution is -2.41. The second-order valence-electron chi connectivity index (χ2n) is 6.04. The van der Waals surface area contributed by atoms with E-state index in [0.717, 1.165) is 32.1 Å². The van der Waals surface area contributed by atoms with Gasteiger partial charge in [0.25, 0.3) is 0 Å². The van der Waals surface area contributed by atoms with E-state index in [-0.39, 0.29) is 29.1 Å². The minimum atomic E-state index is -3.66. The van der Waals surface area contributed by atoms with Gasteiger partial charge >= 0.3 is 0 Å². The van der Waals surface area contributed by atoms with Gasteiger partial charge in [0, 0.05) is 18.6 Å². The van der Waals surface area contributed by atoms with E-state index >= 15 is 0 Å². The highest BCUT2D eigenvalue weighted by Crippen LogP contribution is 2.35. The topological polar surface area (TPSA) is 92.4 Å². The van der Waals surface area contributed by atoms with Gasteiger partial charge in [-0.25, -0.2) is 13.1 Å². The molecule has 2 rings (SSSR count). The molecule has 1 aliphatic carbocycles. The van der Waals surface area contributed by atoms with E-state index in [1.165, 1.54) is 0 Å². The van der Waals surface area contributed by atoms with Crippen molar-refractivity contribution < 1.29 is 13.5 Å². The van der Waals surface area contributed by atoms with Crippen molar-refractivity contribution in [3.8, 4) is 0 Å². The molecule has 21 heavy (non-hydrogen) atoms. The van der Waals surface area contributed by atoms with Crippen molar-refractivity contribution in [1.29, 1.82) is 0 Å². The fraction of sp³-hybridized carbons (Fsp3) is 0.600. The summed E-state index contributed by atoms with van der Waals surface area (Å²) in [6.45, 7) is 2.01. The van der Waals surface area contributed by atoms with Gasteiger partial charge in [-0.15, -0.1) is 0 Å². The van der Waals surface area contributed by atoms with Gasteiger partial charge in [-0.05, 0) is 31.4 Å². The van der Waals surface area contributed by atoms with E-state index in [9.17, 15) is 13.5 Å². The first-order valence-corrected chi connectivity index (χ1v) is 8.84. The van der Waals surface area contributed by atoms with Gasteiger partial charge in [0.2, 0.25) is 10.0 Å². The van der Waals surface area contributed by atoms with Crippen LogP contribution in [0.15, 0.2) is 23.1 Å². The van der Waals surface area contributed by atoms with Gasteiger partial charge < -0.3 is 10.8 Å². The second kappa shape index (κ2) is 6.34. The lowest BCUT2D eigenvalue weighted by atomic mass is 9.75. The third-order valence-electron chi connectivity index (χ3n) is 4.40. The Morgan fingerprint density at radius 1 is 1.29 bits per heavy atom. The molecule has 0 aromatic heterocycles. The molecule has 0 spiro atoms. The molecule has 0 bridgehead atoms. The monoisotopic (exact) mass is 312 g/mol. The Bertz CT molecular complexity index is 573. The summed E-state index contributed by atoms with van der Waals surface area (Å²) in [5.74, 6) is 0. The molecule has 1 aromatic carbocycles. The lowest BCUT2D eigenvalue weighted by Gasteiger charge is -2.35. The molecule has 0 heterocycles. The van der Waals surface area contributed by atoms with Crippen LogP contribution in [-0.2, 0) is 10.0 Å². The van der Waals surface area contributed by atoms with Gasteiger partial charge in [-0.1, -0.05) is 31.4 Å². The highest BCUT2D eigenvalue weighted by atomic mass is 32.2. The van der Waals surface area contributed by atoms with Crippen molar-refractivity contribution in [1.82, 2.24) is 4.72 Å². The molecule has 0 atom stereocenters. The van der Waals surface area contributed by atoms with Crippen molar-refractivity contribution in [2.24, 2.45) is 5.41 Å².